The number of aryl methyl sites for hydroxylation is 1. The molecule has 0 saturated heterocycles. The van der Waals surface area contributed by atoms with Gasteiger partial charge in [0.1, 0.15) is 5.75 Å². The van der Waals surface area contributed by atoms with Gasteiger partial charge < -0.3 is 20.1 Å². The number of carboxylic acid groups (broad SMARTS) is 2. The second kappa shape index (κ2) is 22.3. The van der Waals surface area contributed by atoms with E-state index in [0.717, 1.165) is 29.5 Å². The normalized spacial score (nSPS) is 11.6. The zero-order chi connectivity index (χ0) is 32.0. The summed E-state index contributed by atoms with van der Waals surface area (Å²) >= 11 is 0. The van der Waals surface area contributed by atoms with Gasteiger partial charge in [-0.15, -0.1) is 0 Å². The fourth-order valence-electron chi connectivity index (χ4n) is 4.94. The fourth-order valence-corrected chi connectivity index (χ4v) is 4.94. The van der Waals surface area contributed by atoms with Crippen molar-refractivity contribution in [2.24, 2.45) is 0 Å². The van der Waals surface area contributed by atoms with Crippen molar-refractivity contribution in [1.82, 2.24) is 0 Å². The predicted octanol–water partition coefficient (Wildman–Crippen LogP) is 10.9. The number of hydrogen-bond donors (Lipinski definition) is 3. The molecule has 0 saturated carbocycles. The van der Waals surface area contributed by atoms with Gasteiger partial charge in [0.25, 0.3) is 0 Å². The minimum Gasteiger partial charge on any atom is -0.507 e. The number of carbonyl (C=O) groups is 2. The molecule has 0 radical (unpaired) electrons. The molecule has 1 rings (SSSR count). The number of aliphatic carboxylic acids is 1. The monoisotopic (exact) mass is 592 g/mol. The minimum atomic E-state index is -1.15. The van der Waals surface area contributed by atoms with E-state index in [-0.39, 0.29) is 23.0 Å². The van der Waals surface area contributed by atoms with Gasteiger partial charge in [0, 0.05) is 6.42 Å². The summed E-state index contributed by atoms with van der Waals surface area (Å²) in [6.07, 6.45) is 20.5. The molecule has 0 spiro atoms. The van der Waals surface area contributed by atoms with Crippen LogP contribution in [0, 0.1) is 0 Å². The molecule has 0 atom stereocenters. The zero-order valence-corrected chi connectivity index (χ0v) is 28.2. The summed E-state index contributed by atoms with van der Waals surface area (Å²) < 4.78 is 4.48. The van der Waals surface area contributed by atoms with Gasteiger partial charge in [-0.1, -0.05) is 157 Å². The molecule has 0 amide bonds. The van der Waals surface area contributed by atoms with E-state index in [1.165, 1.54) is 89.9 Å². The molecule has 0 aromatic heterocycles. The molecular weight excluding hydrogens is 528 g/mol. The summed E-state index contributed by atoms with van der Waals surface area (Å²) in [5.41, 5.74) is 2.52. The van der Waals surface area contributed by atoms with Crippen LogP contribution in [-0.4, -0.2) is 34.1 Å². The summed E-state index contributed by atoms with van der Waals surface area (Å²) in [6.45, 7) is 15.1. The highest BCUT2D eigenvalue weighted by Crippen LogP contribution is 2.38. The Kier molecular flexibility index (Phi) is 21.1. The Hall–Kier alpha value is -2.24. The highest BCUT2D eigenvalue weighted by Gasteiger charge is 2.25. The average molecular weight is 593 g/mol. The summed E-state index contributed by atoms with van der Waals surface area (Å²) in [5.74, 6) is -0.602. The maximum absolute atomic E-state index is 10.8. The topological polar surface area (TPSA) is 104 Å². The highest BCUT2D eigenvalue weighted by molar-refractivity contribution is 5.67. The molecule has 244 valence electrons. The van der Waals surface area contributed by atoms with Crippen molar-refractivity contribution in [3.63, 3.8) is 0 Å². The molecule has 0 aliphatic heterocycles. The smallest absolute Gasteiger partial charge is 0.505 e. The number of rotatable bonds is 20. The van der Waals surface area contributed by atoms with Crippen LogP contribution < -0.4 is 0 Å². The number of ether oxygens (including phenoxy) is 1. The first-order valence-electron chi connectivity index (χ1n) is 16.6. The molecule has 1 aromatic carbocycles. The molecule has 0 fully saturated rings. The van der Waals surface area contributed by atoms with E-state index in [0.29, 0.717) is 13.0 Å². The van der Waals surface area contributed by atoms with Crippen LogP contribution in [0.4, 0.5) is 4.79 Å². The van der Waals surface area contributed by atoms with Crippen LogP contribution in [0.15, 0.2) is 12.1 Å². The number of benzene rings is 1. The van der Waals surface area contributed by atoms with E-state index in [2.05, 4.69) is 53.2 Å². The molecular formula is C36H64O6. The van der Waals surface area contributed by atoms with Gasteiger partial charge in [0.05, 0.1) is 6.61 Å². The zero-order valence-electron chi connectivity index (χ0n) is 28.2. The number of phenols is 1. The lowest BCUT2D eigenvalue weighted by Crippen LogP contribution is -2.17. The number of carboxylic acids is 1. The van der Waals surface area contributed by atoms with Crippen molar-refractivity contribution in [3.8, 4) is 5.75 Å². The molecule has 0 heterocycles. The fraction of sp³-hybridized carbons (Fsp3) is 0.778. The third-order valence-electron chi connectivity index (χ3n) is 7.69. The minimum absolute atomic E-state index is 0.0325. The molecule has 3 N–H and O–H groups in total. The third-order valence-corrected chi connectivity index (χ3v) is 7.69. The predicted molar refractivity (Wildman–Crippen MR) is 175 cm³/mol. The van der Waals surface area contributed by atoms with E-state index in [1.54, 1.807) is 0 Å². The Bertz CT molecular complexity index is 863. The van der Waals surface area contributed by atoms with Crippen LogP contribution in [0.2, 0.25) is 0 Å². The van der Waals surface area contributed by atoms with Crippen LogP contribution in [0.25, 0.3) is 0 Å². The number of hydrogen-bond acceptors (Lipinski definition) is 4. The molecule has 0 aliphatic rings. The summed E-state index contributed by atoms with van der Waals surface area (Å²) in [7, 11) is 0. The van der Waals surface area contributed by atoms with Crippen molar-refractivity contribution in [2.75, 3.05) is 6.61 Å². The first kappa shape index (κ1) is 39.8. The number of phenolic OH excluding ortho intramolecular Hbond substituents is 1. The molecule has 6 nitrogen and oxygen atoms in total. The second-order valence-electron chi connectivity index (χ2n) is 13.8. The largest absolute Gasteiger partial charge is 0.507 e. The lowest BCUT2D eigenvalue weighted by Gasteiger charge is -2.27. The van der Waals surface area contributed by atoms with E-state index in [9.17, 15) is 14.7 Å². The Morgan fingerprint density at radius 1 is 0.667 bits per heavy atom. The molecule has 42 heavy (non-hydrogen) atoms. The van der Waals surface area contributed by atoms with E-state index >= 15 is 0 Å². The van der Waals surface area contributed by atoms with Crippen LogP contribution in [0.1, 0.15) is 174 Å². The first-order valence-corrected chi connectivity index (χ1v) is 16.6. The summed E-state index contributed by atoms with van der Waals surface area (Å²) in [6, 6.07) is 3.98. The number of aromatic hydroxyl groups is 1. The Labute approximate surface area is 257 Å². The maximum atomic E-state index is 10.8. The van der Waals surface area contributed by atoms with Crippen molar-refractivity contribution in [1.29, 1.82) is 0 Å². The Balaban J connectivity index is 0.000000803. The Morgan fingerprint density at radius 2 is 1.10 bits per heavy atom. The SMILES string of the molecule is CC(C)(C)c1cc(CCC(=O)O)c(O)c(C(C)(C)C)c1.CCCCCCCCCCCCCCCCCCOC(=O)O. The first-order chi connectivity index (χ1) is 19.7. The maximum Gasteiger partial charge on any atom is 0.505 e. The second-order valence-corrected chi connectivity index (χ2v) is 13.8. The van der Waals surface area contributed by atoms with Crippen LogP contribution in [0.3, 0.4) is 0 Å². The quantitative estimate of drug-likeness (QED) is 0.103. The van der Waals surface area contributed by atoms with Crippen LogP contribution in [-0.2, 0) is 26.8 Å². The summed E-state index contributed by atoms with van der Waals surface area (Å²) in [5, 5.41) is 27.6. The highest BCUT2D eigenvalue weighted by atomic mass is 16.7. The van der Waals surface area contributed by atoms with Gasteiger partial charge in [-0.3, -0.25) is 4.79 Å². The Morgan fingerprint density at radius 3 is 1.45 bits per heavy atom. The lowest BCUT2D eigenvalue weighted by molar-refractivity contribution is -0.136. The van der Waals surface area contributed by atoms with Crippen molar-refractivity contribution < 1.29 is 29.6 Å². The van der Waals surface area contributed by atoms with Crippen molar-refractivity contribution >= 4 is 12.1 Å². The van der Waals surface area contributed by atoms with Gasteiger partial charge in [-0.25, -0.2) is 4.79 Å². The summed E-state index contributed by atoms with van der Waals surface area (Å²) in [4.78, 5) is 20.9. The lowest BCUT2D eigenvalue weighted by atomic mass is 9.78. The van der Waals surface area contributed by atoms with Gasteiger partial charge >= 0.3 is 12.1 Å². The van der Waals surface area contributed by atoms with Crippen molar-refractivity contribution in [3.05, 3.63) is 28.8 Å². The molecule has 0 bridgehead atoms. The standard InChI is InChI=1S/C19H38O3.C17H26O3/c1-2-3-4-5-6-7-8-9-10-11-12-13-14-15-16-17-18-22-19(20)21;1-16(2,3)12-9-11(7-8-14(18)19)15(20)13(10-12)17(4,5)6/h2-18H2,1H3,(H,20,21);9-10,20H,7-8H2,1-6H3,(H,18,19). The number of unbranched alkanes of at least 4 members (excludes halogenated alkanes) is 15. The van der Waals surface area contributed by atoms with E-state index in [1.807, 2.05) is 12.1 Å². The van der Waals surface area contributed by atoms with Gasteiger partial charge in [-0.05, 0) is 40.4 Å². The third kappa shape index (κ3) is 20.6. The van der Waals surface area contributed by atoms with Crippen LogP contribution >= 0.6 is 0 Å². The molecule has 1 aromatic rings. The molecule has 6 heteroatoms. The average Bonchev–Trinajstić information content (AvgIpc) is 2.88. The van der Waals surface area contributed by atoms with Gasteiger partial charge in [0.2, 0.25) is 0 Å². The van der Waals surface area contributed by atoms with Gasteiger partial charge in [-0.2, -0.15) is 0 Å². The van der Waals surface area contributed by atoms with E-state index in [4.69, 9.17) is 10.2 Å². The van der Waals surface area contributed by atoms with E-state index < -0.39 is 12.1 Å². The van der Waals surface area contributed by atoms with Crippen molar-refractivity contribution in [2.45, 2.75) is 175 Å². The van der Waals surface area contributed by atoms with Crippen LogP contribution in [0.5, 0.6) is 5.75 Å². The van der Waals surface area contributed by atoms with Gasteiger partial charge in [0.15, 0.2) is 0 Å². The molecule has 0 unspecified atom stereocenters. The molecule has 0 aliphatic carbocycles.